The molecule has 0 saturated carbocycles. The third-order valence-electron chi connectivity index (χ3n) is 2.32. The summed E-state index contributed by atoms with van der Waals surface area (Å²) in [6, 6.07) is 0. The standard InChI is InChI=1S/C10H12BrN5/c1-6-8(12)5-14-10(9(6)11)13-2-7-3-15-16-4-7/h3-5H,2,12H2,1H3,(H,13,14)(H,15,16). The number of aromatic amines is 1. The van der Waals surface area contributed by atoms with E-state index in [1.54, 1.807) is 12.4 Å². The molecule has 2 aromatic heterocycles. The number of nitrogens with zero attached hydrogens (tertiary/aromatic N) is 2. The Morgan fingerprint density at radius 3 is 3.00 bits per heavy atom. The van der Waals surface area contributed by atoms with Crippen molar-refractivity contribution in [2.75, 3.05) is 11.1 Å². The summed E-state index contributed by atoms with van der Waals surface area (Å²) in [7, 11) is 0. The molecular formula is C10H12BrN5. The van der Waals surface area contributed by atoms with E-state index in [1.165, 1.54) is 0 Å². The molecule has 0 fully saturated rings. The normalized spacial score (nSPS) is 10.4. The van der Waals surface area contributed by atoms with Gasteiger partial charge in [-0.25, -0.2) is 4.98 Å². The van der Waals surface area contributed by atoms with E-state index in [9.17, 15) is 0 Å². The molecule has 0 spiro atoms. The van der Waals surface area contributed by atoms with Gasteiger partial charge in [0, 0.05) is 18.3 Å². The molecule has 0 saturated heterocycles. The molecule has 2 aromatic rings. The Morgan fingerprint density at radius 2 is 2.31 bits per heavy atom. The molecule has 0 aliphatic rings. The van der Waals surface area contributed by atoms with Crippen molar-refractivity contribution in [3.63, 3.8) is 0 Å². The topological polar surface area (TPSA) is 79.6 Å². The van der Waals surface area contributed by atoms with Crippen molar-refractivity contribution in [3.8, 4) is 0 Å². The Morgan fingerprint density at radius 1 is 1.50 bits per heavy atom. The summed E-state index contributed by atoms with van der Waals surface area (Å²) in [5.41, 5.74) is 8.49. The number of pyridine rings is 1. The van der Waals surface area contributed by atoms with Crippen LogP contribution >= 0.6 is 15.9 Å². The highest BCUT2D eigenvalue weighted by Gasteiger charge is 2.06. The number of halogens is 1. The van der Waals surface area contributed by atoms with E-state index in [2.05, 4.69) is 36.4 Å². The highest BCUT2D eigenvalue weighted by molar-refractivity contribution is 9.10. The smallest absolute Gasteiger partial charge is 0.140 e. The number of rotatable bonds is 3. The fourth-order valence-electron chi connectivity index (χ4n) is 1.28. The molecule has 0 atom stereocenters. The largest absolute Gasteiger partial charge is 0.397 e. The van der Waals surface area contributed by atoms with Gasteiger partial charge in [-0.2, -0.15) is 5.10 Å². The van der Waals surface area contributed by atoms with Gasteiger partial charge in [0.25, 0.3) is 0 Å². The number of hydrogen-bond acceptors (Lipinski definition) is 4. The Hall–Kier alpha value is -1.56. The van der Waals surface area contributed by atoms with Crippen molar-refractivity contribution < 1.29 is 0 Å². The van der Waals surface area contributed by atoms with E-state index in [1.807, 2.05) is 13.1 Å². The zero-order valence-corrected chi connectivity index (χ0v) is 10.4. The van der Waals surface area contributed by atoms with Crippen LogP contribution in [-0.4, -0.2) is 15.2 Å². The summed E-state index contributed by atoms with van der Waals surface area (Å²) in [4.78, 5) is 4.22. The minimum absolute atomic E-state index is 0.672. The molecule has 0 radical (unpaired) electrons. The predicted octanol–water partition coefficient (Wildman–Crippen LogP) is 2.07. The van der Waals surface area contributed by atoms with Gasteiger partial charge in [-0.15, -0.1) is 0 Å². The molecule has 5 nitrogen and oxygen atoms in total. The lowest BCUT2D eigenvalue weighted by molar-refractivity contribution is 1.09. The summed E-state index contributed by atoms with van der Waals surface area (Å²) in [6.07, 6.45) is 5.26. The number of anilines is 2. The number of hydrogen-bond donors (Lipinski definition) is 3. The SMILES string of the molecule is Cc1c(N)cnc(NCc2cn[nH]c2)c1Br. The monoisotopic (exact) mass is 281 g/mol. The zero-order valence-electron chi connectivity index (χ0n) is 8.79. The van der Waals surface area contributed by atoms with Crippen LogP contribution in [-0.2, 0) is 6.54 Å². The summed E-state index contributed by atoms with van der Waals surface area (Å²) in [5, 5.41) is 9.84. The second kappa shape index (κ2) is 4.52. The number of nitrogens with one attached hydrogen (secondary N) is 2. The van der Waals surface area contributed by atoms with Crippen LogP contribution in [0.15, 0.2) is 23.1 Å². The van der Waals surface area contributed by atoms with Crippen LogP contribution < -0.4 is 11.1 Å². The van der Waals surface area contributed by atoms with Gasteiger partial charge < -0.3 is 11.1 Å². The van der Waals surface area contributed by atoms with E-state index >= 15 is 0 Å². The maximum Gasteiger partial charge on any atom is 0.140 e. The Labute approximate surface area is 102 Å². The second-order valence-electron chi connectivity index (χ2n) is 3.46. The van der Waals surface area contributed by atoms with Crippen molar-refractivity contribution in [2.45, 2.75) is 13.5 Å². The molecule has 0 amide bonds. The molecule has 6 heteroatoms. The van der Waals surface area contributed by atoms with E-state index in [0.29, 0.717) is 12.2 Å². The van der Waals surface area contributed by atoms with Gasteiger partial charge in [0.05, 0.1) is 22.6 Å². The molecular weight excluding hydrogens is 270 g/mol. The van der Waals surface area contributed by atoms with E-state index < -0.39 is 0 Å². The molecule has 84 valence electrons. The summed E-state index contributed by atoms with van der Waals surface area (Å²) >= 11 is 3.47. The number of aromatic nitrogens is 3. The molecule has 0 aliphatic heterocycles. The Bertz CT molecular complexity index is 480. The molecule has 4 N–H and O–H groups in total. The fraction of sp³-hybridized carbons (Fsp3) is 0.200. The van der Waals surface area contributed by atoms with E-state index in [0.717, 1.165) is 21.4 Å². The van der Waals surface area contributed by atoms with Crippen molar-refractivity contribution in [2.24, 2.45) is 0 Å². The quantitative estimate of drug-likeness (QED) is 0.805. The number of H-pyrrole nitrogens is 1. The maximum absolute atomic E-state index is 5.75. The average molecular weight is 282 g/mol. The summed E-state index contributed by atoms with van der Waals surface area (Å²) in [6.45, 7) is 2.62. The van der Waals surface area contributed by atoms with Gasteiger partial charge in [0.15, 0.2) is 0 Å². The Balaban J connectivity index is 2.13. The van der Waals surface area contributed by atoms with Gasteiger partial charge in [0.1, 0.15) is 5.82 Å². The number of nitrogens with two attached hydrogens (primary N) is 1. The van der Waals surface area contributed by atoms with Crippen LogP contribution in [0.25, 0.3) is 0 Å². The molecule has 16 heavy (non-hydrogen) atoms. The van der Waals surface area contributed by atoms with Crippen molar-refractivity contribution in [3.05, 3.63) is 34.2 Å². The van der Waals surface area contributed by atoms with Crippen LogP contribution in [0, 0.1) is 6.92 Å². The minimum Gasteiger partial charge on any atom is -0.397 e. The molecule has 0 aromatic carbocycles. The maximum atomic E-state index is 5.75. The fourth-order valence-corrected chi connectivity index (χ4v) is 1.75. The van der Waals surface area contributed by atoms with Crippen LogP contribution in [0.3, 0.4) is 0 Å². The molecule has 2 heterocycles. The summed E-state index contributed by atoms with van der Waals surface area (Å²) < 4.78 is 0.899. The van der Waals surface area contributed by atoms with Gasteiger partial charge in [-0.3, -0.25) is 5.10 Å². The van der Waals surface area contributed by atoms with Gasteiger partial charge >= 0.3 is 0 Å². The van der Waals surface area contributed by atoms with Gasteiger partial charge in [-0.05, 0) is 28.4 Å². The molecule has 0 bridgehead atoms. The van der Waals surface area contributed by atoms with Crippen molar-refractivity contribution in [1.29, 1.82) is 0 Å². The third-order valence-corrected chi connectivity index (χ3v) is 3.29. The average Bonchev–Trinajstić information content (AvgIpc) is 2.78. The van der Waals surface area contributed by atoms with E-state index in [4.69, 9.17) is 5.73 Å². The van der Waals surface area contributed by atoms with Crippen LogP contribution in [0.4, 0.5) is 11.5 Å². The Kier molecular flexibility index (Phi) is 3.09. The molecule has 0 aliphatic carbocycles. The first kappa shape index (κ1) is 10.9. The highest BCUT2D eigenvalue weighted by atomic mass is 79.9. The van der Waals surface area contributed by atoms with Gasteiger partial charge in [-0.1, -0.05) is 0 Å². The lowest BCUT2D eigenvalue weighted by Crippen LogP contribution is -2.03. The van der Waals surface area contributed by atoms with Crippen LogP contribution in [0.5, 0.6) is 0 Å². The predicted molar refractivity (Wildman–Crippen MR) is 67.0 cm³/mol. The number of nitrogen functional groups attached to an aromatic ring is 1. The first-order valence-electron chi connectivity index (χ1n) is 4.80. The summed E-state index contributed by atoms with van der Waals surface area (Å²) in [5.74, 6) is 0.785. The lowest BCUT2D eigenvalue weighted by Gasteiger charge is -2.09. The molecule has 2 rings (SSSR count). The van der Waals surface area contributed by atoms with Crippen molar-refractivity contribution in [1.82, 2.24) is 15.2 Å². The van der Waals surface area contributed by atoms with Crippen LogP contribution in [0.2, 0.25) is 0 Å². The second-order valence-corrected chi connectivity index (χ2v) is 4.25. The lowest BCUT2D eigenvalue weighted by atomic mass is 10.2. The van der Waals surface area contributed by atoms with E-state index in [-0.39, 0.29) is 0 Å². The first-order chi connectivity index (χ1) is 7.68. The van der Waals surface area contributed by atoms with Crippen LogP contribution in [0.1, 0.15) is 11.1 Å². The van der Waals surface area contributed by atoms with Crippen molar-refractivity contribution >= 4 is 27.4 Å². The minimum atomic E-state index is 0.672. The van der Waals surface area contributed by atoms with Gasteiger partial charge in [0.2, 0.25) is 0 Å². The third kappa shape index (κ3) is 2.16. The first-order valence-corrected chi connectivity index (χ1v) is 5.60. The molecule has 0 unspecified atom stereocenters. The zero-order chi connectivity index (χ0) is 11.5. The highest BCUT2D eigenvalue weighted by Crippen LogP contribution is 2.27.